The minimum Gasteiger partial charge on any atom is -0.366 e. The van der Waals surface area contributed by atoms with E-state index in [0.717, 1.165) is 11.3 Å². The van der Waals surface area contributed by atoms with Gasteiger partial charge in [-0.2, -0.15) is 0 Å². The van der Waals surface area contributed by atoms with Crippen LogP contribution in [0.2, 0.25) is 0 Å². The van der Waals surface area contributed by atoms with Crippen molar-refractivity contribution in [3.05, 3.63) is 58.4 Å². The van der Waals surface area contributed by atoms with Crippen molar-refractivity contribution < 1.29 is 4.79 Å². The first-order valence-electron chi connectivity index (χ1n) is 5.19. The molecule has 0 aliphatic rings. The smallest absolute Gasteiger partial charge is 0.251 e. The fourth-order valence-electron chi connectivity index (χ4n) is 1.71. The Bertz CT molecular complexity index is 631. The van der Waals surface area contributed by atoms with Gasteiger partial charge in [0.05, 0.1) is 5.56 Å². The lowest BCUT2D eigenvalue weighted by atomic mass is 10.2. The summed E-state index contributed by atoms with van der Waals surface area (Å²) in [5.74, 6) is -0.502. The van der Waals surface area contributed by atoms with Gasteiger partial charge in [0.1, 0.15) is 4.64 Å². The van der Waals surface area contributed by atoms with Crippen LogP contribution >= 0.6 is 12.2 Å². The van der Waals surface area contributed by atoms with Gasteiger partial charge in [0.25, 0.3) is 5.91 Å². The zero-order valence-electron chi connectivity index (χ0n) is 9.38. The SMILES string of the molecule is Cc1ccccc1-n1cccc(C(N)=O)c1=S. The molecule has 0 atom stereocenters. The summed E-state index contributed by atoms with van der Waals surface area (Å²) in [7, 11) is 0. The van der Waals surface area contributed by atoms with Crippen molar-refractivity contribution in [3.63, 3.8) is 0 Å². The molecule has 4 heteroatoms. The zero-order valence-corrected chi connectivity index (χ0v) is 10.2. The number of pyridine rings is 1. The van der Waals surface area contributed by atoms with Gasteiger partial charge in [-0.1, -0.05) is 30.4 Å². The van der Waals surface area contributed by atoms with Crippen molar-refractivity contribution in [2.75, 3.05) is 0 Å². The molecule has 1 amide bonds. The molecule has 1 aromatic carbocycles. The summed E-state index contributed by atoms with van der Waals surface area (Å²) < 4.78 is 2.24. The summed E-state index contributed by atoms with van der Waals surface area (Å²) in [6, 6.07) is 11.2. The molecule has 86 valence electrons. The summed E-state index contributed by atoms with van der Waals surface area (Å²) in [6.07, 6.45) is 1.83. The van der Waals surface area contributed by atoms with E-state index in [0.29, 0.717) is 10.2 Å². The maximum Gasteiger partial charge on any atom is 0.251 e. The highest BCUT2D eigenvalue weighted by atomic mass is 32.1. The normalized spacial score (nSPS) is 10.2. The molecule has 0 radical (unpaired) electrons. The van der Waals surface area contributed by atoms with E-state index in [1.54, 1.807) is 16.7 Å². The van der Waals surface area contributed by atoms with Crippen LogP contribution in [0, 0.1) is 11.6 Å². The molecule has 3 nitrogen and oxygen atoms in total. The van der Waals surface area contributed by atoms with Crippen molar-refractivity contribution in [2.24, 2.45) is 5.73 Å². The second kappa shape index (κ2) is 4.51. The summed E-state index contributed by atoms with van der Waals surface area (Å²) in [6.45, 7) is 1.99. The number of rotatable bonds is 2. The summed E-state index contributed by atoms with van der Waals surface area (Å²) in [5.41, 5.74) is 7.69. The molecule has 2 N–H and O–H groups in total. The van der Waals surface area contributed by atoms with Gasteiger partial charge in [-0.05, 0) is 30.7 Å². The van der Waals surface area contributed by atoms with Crippen LogP contribution in [-0.2, 0) is 0 Å². The summed E-state index contributed by atoms with van der Waals surface area (Å²) in [4.78, 5) is 11.2. The molecule has 0 bridgehead atoms. The average Bonchev–Trinajstić information content (AvgIpc) is 2.30. The maximum atomic E-state index is 11.2. The number of hydrogen-bond acceptors (Lipinski definition) is 2. The summed E-state index contributed by atoms with van der Waals surface area (Å²) in [5, 5.41) is 0. The van der Waals surface area contributed by atoms with Gasteiger partial charge in [0, 0.05) is 11.9 Å². The quantitative estimate of drug-likeness (QED) is 0.825. The van der Waals surface area contributed by atoms with Crippen molar-refractivity contribution in [2.45, 2.75) is 6.92 Å². The molecule has 0 aliphatic carbocycles. The van der Waals surface area contributed by atoms with E-state index in [-0.39, 0.29) is 0 Å². The molecule has 0 saturated carbocycles. The van der Waals surface area contributed by atoms with Gasteiger partial charge in [-0.25, -0.2) is 0 Å². The lowest BCUT2D eigenvalue weighted by Crippen LogP contribution is -2.14. The molecular formula is C13H12N2OS. The summed E-state index contributed by atoms with van der Waals surface area (Å²) >= 11 is 5.27. The van der Waals surface area contributed by atoms with E-state index in [1.807, 2.05) is 37.4 Å². The first-order valence-corrected chi connectivity index (χ1v) is 5.59. The predicted molar refractivity (Wildman–Crippen MR) is 69.9 cm³/mol. The molecule has 2 aromatic rings. The van der Waals surface area contributed by atoms with E-state index in [2.05, 4.69) is 0 Å². The average molecular weight is 244 g/mol. The third kappa shape index (κ3) is 2.12. The number of hydrogen-bond donors (Lipinski definition) is 1. The second-order valence-electron chi connectivity index (χ2n) is 3.75. The topological polar surface area (TPSA) is 48.0 Å². The molecule has 2 rings (SSSR count). The highest BCUT2D eigenvalue weighted by Gasteiger charge is 2.07. The van der Waals surface area contributed by atoms with Gasteiger partial charge in [-0.3, -0.25) is 4.79 Å². The van der Waals surface area contributed by atoms with E-state index >= 15 is 0 Å². The van der Waals surface area contributed by atoms with Crippen LogP contribution in [0.1, 0.15) is 15.9 Å². The van der Waals surface area contributed by atoms with Crippen LogP contribution in [0.5, 0.6) is 0 Å². The first-order chi connectivity index (χ1) is 8.11. The Morgan fingerprint density at radius 1 is 1.24 bits per heavy atom. The van der Waals surface area contributed by atoms with Crippen molar-refractivity contribution in [3.8, 4) is 5.69 Å². The number of nitrogens with zero attached hydrogens (tertiary/aromatic N) is 1. The number of benzene rings is 1. The molecule has 17 heavy (non-hydrogen) atoms. The molecular weight excluding hydrogens is 232 g/mol. The third-order valence-electron chi connectivity index (χ3n) is 2.59. The fraction of sp³-hybridized carbons (Fsp3) is 0.0769. The Morgan fingerprint density at radius 3 is 2.59 bits per heavy atom. The number of amides is 1. The first kappa shape index (κ1) is 11.5. The Morgan fingerprint density at radius 2 is 1.94 bits per heavy atom. The number of aryl methyl sites for hydroxylation is 1. The van der Waals surface area contributed by atoms with Gasteiger partial charge in [-0.15, -0.1) is 0 Å². The maximum absolute atomic E-state index is 11.2. The van der Waals surface area contributed by atoms with Gasteiger partial charge in [0.2, 0.25) is 0 Å². The lowest BCUT2D eigenvalue weighted by molar-refractivity contribution is 0.0999. The van der Waals surface area contributed by atoms with E-state index < -0.39 is 5.91 Å². The number of carbonyl (C=O) groups excluding carboxylic acids is 1. The number of primary amides is 1. The molecule has 0 fully saturated rings. The van der Waals surface area contributed by atoms with Gasteiger partial charge < -0.3 is 10.3 Å². The zero-order chi connectivity index (χ0) is 12.4. The Hall–Kier alpha value is -1.94. The number of carbonyl (C=O) groups is 1. The number of aromatic nitrogens is 1. The molecule has 0 spiro atoms. The molecule has 1 aromatic heterocycles. The minimum atomic E-state index is -0.502. The molecule has 0 saturated heterocycles. The highest BCUT2D eigenvalue weighted by Crippen LogP contribution is 2.15. The molecule has 0 aliphatic heterocycles. The van der Waals surface area contributed by atoms with Gasteiger partial charge in [0.15, 0.2) is 0 Å². The van der Waals surface area contributed by atoms with Gasteiger partial charge >= 0.3 is 0 Å². The van der Waals surface area contributed by atoms with Crippen molar-refractivity contribution in [1.82, 2.24) is 4.57 Å². The van der Waals surface area contributed by atoms with E-state index in [4.69, 9.17) is 18.0 Å². The Balaban J connectivity index is 2.70. The van der Waals surface area contributed by atoms with Crippen molar-refractivity contribution in [1.29, 1.82) is 0 Å². The van der Waals surface area contributed by atoms with Crippen LogP contribution in [-0.4, -0.2) is 10.5 Å². The molecule has 0 unspecified atom stereocenters. The van der Waals surface area contributed by atoms with E-state index in [1.165, 1.54) is 0 Å². The van der Waals surface area contributed by atoms with Crippen LogP contribution < -0.4 is 5.73 Å². The number of para-hydroxylation sites is 1. The highest BCUT2D eigenvalue weighted by molar-refractivity contribution is 7.71. The Kier molecular flexibility index (Phi) is 3.06. The van der Waals surface area contributed by atoms with E-state index in [9.17, 15) is 4.79 Å². The van der Waals surface area contributed by atoms with Crippen LogP contribution in [0.15, 0.2) is 42.6 Å². The largest absolute Gasteiger partial charge is 0.366 e. The van der Waals surface area contributed by atoms with Crippen LogP contribution in [0.25, 0.3) is 5.69 Å². The standard InChI is InChI=1S/C13H12N2OS/c1-9-5-2-3-7-11(9)15-8-4-6-10(12(14)16)13(15)17/h2-8H,1H3,(H2,14,16). The van der Waals surface area contributed by atoms with Crippen molar-refractivity contribution >= 4 is 18.1 Å². The monoisotopic (exact) mass is 244 g/mol. The number of nitrogens with two attached hydrogens (primary N) is 1. The predicted octanol–water partition coefficient (Wildman–Crippen LogP) is 2.61. The third-order valence-corrected chi connectivity index (χ3v) is 3.00. The Labute approximate surface area is 105 Å². The minimum absolute atomic E-state index is 0.366. The van der Waals surface area contributed by atoms with Crippen LogP contribution in [0.4, 0.5) is 0 Å². The molecule has 1 heterocycles. The lowest BCUT2D eigenvalue weighted by Gasteiger charge is -2.11. The van der Waals surface area contributed by atoms with Crippen LogP contribution in [0.3, 0.4) is 0 Å². The second-order valence-corrected chi connectivity index (χ2v) is 4.13. The fourth-order valence-corrected chi connectivity index (χ4v) is 2.03.